The number of cyclic esters (lactones) is 4. The van der Waals surface area contributed by atoms with Gasteiger partial charge in [-0.3, -0.25) is 28.8 Å². The van der Waals surface area contributed by atoms with Gasteiger partial charge in [0.15, 0.2) is 0 Å². The molecule has 46 heavy (non-hydrogen) atoms. The second kappa shape index (κ2) is 13.2. The van der Waals surface area contributed by atoms with Gasteiger partial charge in [-0.15, -0.1) is 0 Å². The lowest BCUT2D eigenvalue weighted by Crippen LogP contribution is -2.52. The summed E-state index contributed by atoms with van der Waals surface area (Å²) in [4.78, 5) is 80.8. The molecule has 2 saturated heterocycles. The van der Waals surface area contributed by atoms with E-state index >= 15 is 0 Å². The third-order valence-electron chi connectivity index (χ3n) is 10.0. The van der Waals surface area contributed by atoms with Gasteiger partial charge in [0, 0.05) is 0 Å². The number of rotatable bonds is 6. The van der Waals surface area contributed by atoms with Crippen molar-refractivity contribution in [1.29, 1.82) is 0 Å². The molecule has 0 radical (unpaired) electrons. The summed E-state index contributed by atoms with van der Waals surface area (Å²) >= 11 is 0. The van der Waals surface area contributed by atoms with Crippen LogP contribution >= 0.6 is 0 Å². The molecule has 2 aliphatic carbocycles. The minimum absolute atomic E-state index is 0.0222. The van der Waals surface area contributed by atoms with E-state index in [9.17, 15) is 28.8 Å². The van der Waals surface area contributed by atoms with E-state index in [1.165, 1.54) is 6.92 Å². The predicted molar refractivity (Wildman–Crippen MR) is 160 cm³/mol. The van der Waals surface area contributed by atoms with Gasteiger partial charge >= 0.3 is 35.8 Å². The maximum atomic E-state index is 14.4. The Morgan fingerprint density at radius 1 is 0.739 bits per heavy atom. The molecule has 12 nitrogen and oxygen atoms in total. The van der Waals surface area contributed by atoms with Crippen molar-refractivity contribution in [2.24, 2.45) is 58.7 Å². The average molecular weight is 651 g/mol. The van der Waals surface area contributed by atoms with E-state index in [-0.39, 0.29) is 50.7 Å². The smallest absolute Gasteiger partial charge is 0.317 e. The number of ether oxygens (including phenoxy) is 6. The average Bonchev–Trinajstić information content (AvgIpc) is 3.56. The Labute approximate surface area is 270 Å². The van der Waals surface area contributed by atoms with Crippen LogP contribution in [0, 0.1) is 58.7 Å². The summed E-state index contributed by atoms with van der Waals surface area (Å²) in [6.45, 7) is 15.3. The maximum Gasteiger partial charge on any atom is 0.317 e. The highest BCUT2D eigenvalue weighted by atomic mass is 16.6. The molecule has 4 aliphatic rings. The Balaban J connectivity index is 1.82. The molecule has 4 rings (SSSR count). The molecule has 0 spiro atoms. The minimum Gasteiger partial charge on any atom is -0.463 e. The van der Waals surface area contributed by atoms with Gasteiger partial charge in [-0.05, 0) is 91.4 Å². The fraction of sp³-hybridized carbons (Fsp3) is 0.824. The molecule has 0 aromatic carbocycles. The van der Waals surface area contributed by atoms with Crippen molar-refractivity contribution in [1.82, 2.24) is 0 Å². The lowest BCUT2D eigenvalue weighted by Gasteiger charge is -2.45. The molecule has 2 heterocycles. The van der Waals surface area contributed by atoms with Crippen LogP contribution in [0.1, 0.15) is 81.6 Å². The molecular weight excluding hydrogens is 600 g/mol. The van der Waals surface area contributed by atoms with Crippen LogP contribution in [0.2, 0.25) is 0 Å². The van der Waals surface area contributed by atoms with Crippen LogP contribution < -0.4 is 0 Å². The molecule has 2 saturated carbocycles. The summed E-state index contributed by atoms with van der Waals surface area (Å²) in [5, 5.41) is 0. The fourth-order valence-electron chi connectivity index (χ4n) is 8.23. The predicted octanol–water partition coefficient (Wildman–Crippen LogP) is 3.66. The zero-order valence-corrected chi connectivity index (χ0v) is 28.5. The van der Waals surface area contributed by atoms with E-state index < -0.39 is 87.9 Å². The van der Waals surface area contributed by atoms with Crippen LogP contribution in [0.3, 0.4) is 0 Å². The highest BCUT2D eigenvalue weighted by Gasteiger charge is 2.64. The summed E-state index contributed by atoms with van der Waals surface area (Å²) < 4.78 is 33.2. The van der Waals surface area contributed by atoms with Crippen LogP contribution in [0.4, 0.5) is 0 Å². The summed E-state index contributed by atoms with van der Waals surface area (Å²) in [6.07, 6.45) is 1.01. The van der Waals surface area contributed by atoms with Gasteiger partial charge in [-0.1, -0.05) is 13.8 Å². The largest absolute Gasteiger partial charge is 0.463 e. The van der Waals surface area contributed by atoms with Gasteiger partial charge in [-0.2, -0.15) is 0 Å². The van der Waals surface area contributed by atoms with Crippen LogP contribution in [-0.2, 0) is 57.2 Å². The van der Waals surface area contributed by atoms with E-state index in [0.29, 0.717) is 12.8 Å². The SMILES string of the molecule is CC1C(=O)OC(=O)C1C1C2CC(C(=O)OC(C)(C)C)C(C2)C1CC(C)(C(=O)OC(C)(C)C)C1C(=O)OCCOCCOC(=O)C1C. The first-order valence-corrected chi connectivity index (χ1v) is 16.4. The van der Waals surface area contributed by atoms with E-state index in [2.05, 4.69) is 0 Å². The molecule has 10 atom stereocenters. The summed E-state index contributed by atoms with van der Waals surface area (Å²) in [5.41, 5.74) is -3.34. The first-order valence-electron chi connectivity index (χ1n) is 16.4. The lowest BCUT2D eigenvalue weighted by atomic mass is 9.58. The summed E-state index contributed by atoms with van der Waals surface area (Å²) in [6, 6.07) is 0. The van der Waals surface area contributed by atoms with E-state index in [0.717, 1.165) is 0 Å². The number of carbonyl (C=O) groups is 6. The van der Waals surface area contributed by atoms with Crippen molar-refractivity contribution in [2.75, 3.05) is 26.4 Å². The van der Waals surface area contributed by atoms with Gasteiger partial charge in [0.1, 0.15) is 24.4 Å². The zero-order chi connectivity index (χ0) is 34.4. The molecule has 2 aliphatic heterocycles. The Kier molecular flexibility index (Phi) is 10.3. The first kappa shape index (κ1) is 35.8. The fourth-order valence-corrected chi connectivity index (χ4v) is 8.23. The maximum absolute atomic E-state index is 14.4. The van der Waals surface area contributed by atoms with Crippen LogP contribution in [0.15, 0.2) is 0 Å². The van der Waals surface area contributed by atoms with Crippen LogP contribution in [0.5, 0.6) is 0 Å². The molecule has 0 amide bonds. The molecule has 2 bridgehead atoms. The molecule has 258 valence electrons. The highest BCUT2D eigenvalue weighted by molar-refractivity contribution is 5.96. The quantitative estimate of drug-likeness (QED) is 0.234. The Hall–Kier alpha value is -3.02. The second-order valence-corrected chi connectivity index (χ2v) is 15.7. The van der Waals surface area contributed by atoms with Gasteiger partial charge in [0.05, 0.1) is 48.2 Å². The summed E-state index contributed by atoms with van der Waals surface area (Å²) in [5.74, 6) is -9.65. The Morgan fingerprint density at radius 2 is 1.33 bits per heavy atom. The number of hydrogen-bond acceptors (Lipinski definition) is 12. The van der Waals surface area contributed by atoms with Gasteiger partial charge in [0.2, 0.25) is 0 Å². The third kappa shape index (κ3) is 7.42. The van der Waals surface area contributed by atoms with Crippen molar-refractivity contribution < 1.29 is 57.2 Å². The monoisotopic (exact) mass is 650 g/mol. The molecule has 0 aromatic heterocycles. The van der Waals surface area contributed by atoms with E-state index in [1.54, 1.807) is 55.4 Å². The van der Waals surface area contributed by atoms with Crippen molar-refractivity contribution in [3.63, 3.8) is 0 Å². The standard InChI is InChI=1S/C34H50O12/c1-17-23(29(38)44-27(17)36)24-19-14-20(21(15-19)28(37)45-32(3,4)5)22(24)16-34(9,31(40)46-33(6,7)8)25-18(2)26(35)42-12-10-41-11-13-43-30(25)39/h17-25H,10-16H2,1-9H3. The Bertz CT molecular complexity index is 1230. The number of hydrogen-bond donors (Lipinski definition) is 0. The van der Waals surface area contributed by atoms with Crippen molar-refractivity contribution in [3.8, 4) is 0 Å². The number of fused-ring (bicyclic) bond motifs is 2. The first-order chi connectivity index (χ1) is 21.2. The molecule has 0 aromatic rings. The van der Waals surface area contributed by atoms with Crippen molar-refractivity contribution in [3.05, 3.63) is 0 Å². The van der Waals surface area contributed by atoms with Gasteiger partial charge in [-0.25, -0.2) is 0 Å². The summed E-state index contributed by atoms with van der Waals surface area (Å²) in [7, 11) is 0. The number of carbonyl (C=O) groups excluding carboxylic acids is 6. The molecule has 4 fully saturated rings. The molecule has 10 unspecified atom stereocenters. The van der Waals surface area contributed by atoms with Crippen molar-refractivity contribution >= 4 is 35.8 Å². The van der Waals surface area contributed by atoms with Crippen LogP contribution in [-0.4, -0.2) is 73.4 Å². The van der Waals surface area contributed by atoms with E-state index in [1.807, 2.05) is 0 Å². The lowest BCUT2D eigenvalue weighted by molar-refractivity contribution is -0.185. The topological polar surface area (TPSA) is 158 Å². The molecule has 0 N–H and O–H groups in total. The van der Waals surface area contributed by atoms with Crippen molar-refractivity contribution in [2.45, 2.75) is 92.8 Å². The number of esters is 6. The third-order valence-corrected chi connectivity index (χ3v) is 10.0. The van der Waals surface area contributed by atoms with Gasteiger partial charge in [0.25, 0.3) is 0 Å². The minimum atomic E-state index is -1.67. The zero-order valence-electron chi connectivity index (χ0n) is 28.5. The van der Waals surface area contributed by atoms with E-state index in [4.69, 9.17) is 28.4 Å². The molecule has 12 heteroatoms. The normalized spacial score (nSPS) is 35.4. The second-order valence-electron chi connectivity index (χ2n) is 15.7. The van der Waals surface area contributed by atoms with Gasteiger partial charge < -0.3 is 28.4 Å². The molecular formula is C34H50O12. The Morgan fingerprint density at radius 3 is 1.87 bits per heavy atom. The van der Waals surface area contributed by atoms with Crippen LogP contribution in [0.25, 0.3) is 0 Å². The highest BCUT2D eigenvalue weighted by Crippen LogP contribution is 2.63.